The van der Waals surface area contributed by atoms with Crippen molar-refractivity contribution in [3.63, 3.8) is 0 Å². The molecule has 0 spiro atoms. The van der Waals surface area contributed by atoms with Crippen LogP contribution in [0, 0.1) is 0 Å². The van der Waals surface area contributed by atoms with Crippen molar-refractivity contribution in [1.29, 1.82) is 0 Å². The largest absolute Gasteiger partial charge is 0.355 e. The second kappa shape index (κ2) is 12.4. The van der Waals surface area contributed by atoms with E-state index in [1.165, 1.54) is 17.3 Å². The monoisotopic (exact) mass is 455 g/mol. The molecule has 32 heavy (non-hydrogen) atoms. The zero-order valence-corrected chi connectivity index (χ0v) is 19.3. The first-order valence-electron chi connectivity index (χ1n) is 10.8. The molecule has 170 valence electrons. The summed E-state index contributed by atoms with van der Waals surface area (Å²) in [5.41, 5.74) is 1.60. The van der Waals surface area contributed by atoms with Crippen LogP contribution in [0.1, 0.15) is 19.4 Å². The van der Waals surface area contributed by atoms with Crippen LogP contribution in [0.3, 0.4) is 0 Å². The molecule has 1 aromatic heterocycles. The second-order valence-corrected chi connectivity index (χ2v) is 7.98. The number of nitrogens with zero attached hydrogens (tertiary/aromatic N) is 2. The van der Waals surface area contributed by atoms with Crippen LogP contribution in [0.2, 0.25) is 0 Å². The van der Waals surface area contributed by atoms with Crippen molar-refractivity contribution >= 4 is 28.6 Å². The van der Waals surface area contributed by atoms with Crippen molar-refractivity contribution in [2.24, 2.45) is 0 Å². The van der Waals surface area contributed by atoms with Crippen LogP contribution < -0.4 is 10.9 Å². The van der Waals surface area contributed by atoms with Gasteiger partial charge >= 0.3 is 0 Å². The van der Waals surface area contributed by atoms with Crippen LogP contribution in [0.15, 0.2) is 64.5 Å². The Morgan fingerprint density at radius 2 is 1.75 bits per heavy atom. The molecule has 2 aromatic carbocycles. The summed E-state index contributed by atoms with van der Waals surface area (Å²) >= 11 is 1.24. The fraction of sp³-hybridized carbons (Fsp3) is 0.375. The van der Waals surface area contributed by atoms with E-state index in [4.69, 9.17) is 9.47 Å². The molecule has 1 heterocycles. The van der Waals surface area contributed by atoms with Crippen molar-refractivity contribution in [3.8, 4) is 0 Å². The fourth-order valence-corrected chi connectivity index (χ4v) is 4.10. The van der Waals surface area contributed by atoms with Crippen molar-refractivity contribution < 1.29 is 14.3 Å². The highest BCUT2D eigenvalue weighted by molar-refractivity contribution is 7.99. The summed E-state index contributed by atoms with van der Waals surface area (Å²) in [7, 11) is 0. The molecule has 0 fully saturated rings. The lowest BCUT2D eigenvalue weighted by Gasteiger charge is -2.20. The molecule has 0 aliphatic rings. The van der Waals surface area contributed by atoms with Crippen LogP contribution >= 0.6 is 11.8 Å². The van der Waals surface area contributed by atoms with E-state index in [2.05, 4.69) is 10.3 Å². The second-order valence-electron chi connectivity index (χ2n) is 7.04. The van der Waals surface area contributed by atoms with Crippen LogP contribution in [-0.4, -0.2) is 47.3 Å². The van der Waals surface area contributed by atoms with Gasteiger partial charge in [0.1, 0.15) is 0 Å². The number of rotatable bonds is 12. The van der Waals surface area contributed by atoms with Gasteiger partial charge in [0, 0.05) is 19.8 Å². The number of benzene rings is 2. The first kappa shape index (κ1) is 24.0. The Morgan fingerprint density at radius 1 is 1.06 bits per heavy atom. The predicted octanol–water partition coefficient (Wildman–Crippen LogP) is 3.25. The van der Waals surface area contributed by atoms with Crippen molar-refractivity contribution in [1.82, 2.24) is 14.9 Å². The number of para-hydroxylation sites is 1. The lowest BCUT2D eigenvalue weighted by atomic mass is 10.1. The predicted molar refractivity (Wildman–Crippen MR) is 127 cm³/mol. The van der Waals surface area contributed by atoms with E-state index in [1.54, 1.807) is 16.7 Å². The lowest BCUT2D eigenvalue weighted by Crippen LogP contribution is -2.33. The molecule has 0 aliphatic heterocycles. The number of carbonyl (C=O) groups is 1. The summed E-state index contributed by atoms with van der Waals surface area (Å²) in [6.07, 6.45) is 0.199. The minimum absolute atomic E-state index is 0.106. The number of ether oxygens (including phenoxy) is 2. The third-order valence-electron chi connectivity index (χ3n) is 4.77. The topological polar surface area (TPSA) is 82.5 Å². The van der Waals surface area contributed by atoms with E-state index < -0.39 is 6.29 Å². The van der Waals surface area contributed by atoms with Crippen molar-refractivity contribution in [3.05, 3.63) is 70.5 Å². The Kier molecular flexibility index (Phi) is 9.27. The Balaban J connectivity index is 1.72. The average molecular weight is 456 g/mol. The van der Waals surface area contributed by atoms with Gasteiger partial charge in [-0.25, -0.2) is 4.98 Å². The van der Waals surface area contributed by atoms with E-state index in [-0.39, 0.29) is 23.8 Å². The summed E-state index contributed by atoms with van der Waals surface area (Å²) in [6.45, 7) is 5.44. The van der Waals surface area contributed by atoms with Gasteiger partial charge in [0.15, 0.2) is 11.4 Å². The Bertz CT molecular complexity index is 1070. The normalized spacial score (nSPS) is 11.2. The van der Waals surface area contributed by atoms with E-state index in [0.29, 0.717) is 35.8 Å². The number of nitrogens with one attached hydrogen (secondary N) is 1. The number of aromatic nitrogens is 2. The molecule has 1 N–H and O–H groups in total. The molecule has 0 saturated heterocycles. The standard InChI is InChI=1S/C24H29N3O4S/c1-3-30-22(31-4-2)16-27-23(29)19-12-8-9-13-20(19)26-24(27)32-17-21(28)25-15-14-18-10-6-5-7-11-18/h5-13,22H,3-4,14-17H2,1-2H3,(H,25,28). The summed E-state index contributed by atoms with van der Waals surface area (Å²) in [6, 6.07) is 17.2. The molecule has 0 saturated carbocycles. The van der Waals surface area contributed by atoms with Gasteiger partial charge in [-0.1, -0.05) is 54.2 Å². The third kappa shape index (κ3) is 6.66. The van der Waals surface area contributed by atoms with Gasteiger partial charge in [0.25, 0.3) is 5.56 Å². The quantitative estimate of drug-likeness (QED) is 0.256. The molecular formula is C24H29N3O4S. The van der Waals surface area contributed by atoms with Gasteiger partial charge in [-0.3, -0.25) is 14.2 Å². The van der Waals surface area contributed by atoms with Gasteiger partial charge in [-0.05, 0) is 38.0 Å². The molecule has 0 radical (unpaired) electrons. The Labute approximate surface area is 192 Å². The molecule has 0 bridgehead atoms. The number of fused-ring (bicyclic) bond motifs is 1. The molecule has 7 nitrogen and oxygen atoms in total. The van der Waals surface area contributed by atoms with E-state index in [9.17, 15) is 9.59 Å². The maximum absolute atomic E-state index is 13.2. The molecule has 0 aliphatic carbocycles. The summed E-state index contributed by atoms with van der Waals surface area (Å²) in [4.78, 5) is 30.2. The maximum atomic E-state index is 13.2. The van der Waals surface area contributed by atoms with Gasteiger partial charge in [-0.15, -0.1) is 0 Å². The number of carbonyl (C=O) groups excluding carboxylic acids is 1. The smallest absolute Gasteiger partial charge is 0.262 e. The highest BCUT2D eigenvalue weighted by Crippen LogP contribution is 2.18. The fourth-order valence-electron chi connectivity index (χ4n) is 3.27. The number of thioether (sulfide) groups is 1. The zero-order chi connectivity index (χ0) is 22.8. The number of hydrogen-bond donors (Lipinski definition) is 1. The maximum Gasteiger partial charge on any atom is 0.262 e. The lowest BCUT2D eigenvalue weighted by molar-refractivity contribution is -0.144. The molecule has 0 unspecified atom stereocenters. The number of hydrogen-bond acceptors (Lipinski definition) is 6. The van der Waals surface area contributed by atoms with Crippen LogP contribution in [0.5, 0.6) is 0 Å². The first-order chi connectivity index (χ1) is 15.6. The Morgan fingerprint density at radius 3 is 2.47 bits per heavy atom. The zero-order valence-electron chi connectivity index (χ0n) is 18.5. The average Bonchev–Trinajstić information content (AvgIpc) is 2.81. The third-order valence-corrected chi connectivity index (χ3v) is 5.75. The number of amides is 1. The van der Waals surface area contributed by atoms with Gasteiger partial charge < -0.3 is 14.8 Å². The summed E-state index contributed by atoms with van der Waals surface area (Å²) in [5.74, 6) is 0.0547. The van der Waals surface area contributed by atoms with Crippen LogP contribution in [0.4, 0.5) is 0 Å². The van der Waals surface area contributed by atoms with E-state index in [0.717, 1.165) is 6.42 Å². The van der Waals surface area contributed by atoms with Gasteiger partial charge in [-0.2, -0.15) is 0 Å². The SMILES string of the molecule is CCOC(Cn1c(SCC(=O)NCCc2ccccc2)nc2ccccc2c1=O)OCC. The van der Waals surface area contributed by atoms with Gasteiger partial charge in [0.2, 0.25) is 5.91 Å². The van der Waals surface area contributed by atoms with Gasteiger partial charge in [0.05, 0.1) is 23.2 Å². The van der Waals surface area contributed by atoms with E-state index in [1.807, 2.05) is 56.3 Å². The molecule has 3 aromatic rings. The molecule has 0 atom stereocenters. The van der Waals surface area contributed by atoms with Crippen molar-refractivity contribution in [2.75, 3.05) is 25.5 Å². The first-order valence-corrected chi connectivity index (χ1v) is 11.8. The minimum atomic E-state index is -0.565. The Hall–Kier alpha value is -2.68. The minimum Gasteiger partial charge on any atom is -0.355 e. The molecular weight excluding hydrogens is 426 g/mol. The highest BCUT2D eigenvalue weighted by Gasteiger charge is 2.17. The molecule has 1 amide bonds. The van der Waals surface area contributed by atoms with Crippen molar-refractivity contribution in [2.45, 2.75) is 38.3 Å². The van der Waals surface area contributed by atoms with Crippen LogP contribution in [-0.2, 0) is 27.2 Å². The van der Waals surface area contributed by atoms with E-state index >= 15 is 0 Å². The highest BCUT2D eigenvalue weighted by atomic mass is 32.2. The molecule has 8 heteroatoms. The van der Waals surface area contributed by atoms with Crippen LogP contribution in [0.25, 0.3) is 10.9 Å². The molecule has 3 rings (SSSR count). The summed E-state index contributed by atoms with van der Waals surface area (Å²) in [5, 5.41) is 3.92. The summed E-state index contributed by atoms with van der Waals surface area (Å²) < 4.78 is 12.8.